The molecule has 22 heavy (non-hydrogen) atoms. The van der Waals surface area contributed by atoms with Crippen molar-refractivity contribution in [1.29, 1.82) is 0 Å². The molecule has 0 bridgehead atoms. The number of nitrogens with zero attached hydrogens (tertiary/aromatic N) is 1. The van der Waals surface area contributed by atoms with Crippen LogP contribution in [0.4, 0.5) is 5.69 Å². The smallest absolute Gasteiger partial charge is 0.224 e. The third-order valence-corrected chi connectivity index (χ3v) is 3.28. The van der Waals surface area contributed by atoms with E-state index < -0.39 is 0 Å². The molecular weight excluding hydrogens is 278 g/mol. The highest BCUT2D eigenvalue weighted by Crippen LogP contribution is 2.17. The first-order valence-corrected chi connectivity index (χ1v) is 7.22. The van der Waals surface area contributed by atoms with Crippen molar-refractivity contribution in [3.05, 3.63) is 54.7 Å². The van der Waals surface area contributed by atoms with Gasteiger partial charge in [-0.25, -0.2) is 0 Å². The molecule has 0 unspecified atom stereocenters. The quantitative estimate of drug-likeness (QED) is 0.685. The van der Waals surface area contributed by atoms with E-state index in [4.69, 9.17) is 4.74 Å². The minimum atomic E-state index is -0.0143. The first kappa shape index (κ1) is 14.1. The summed E-state index contributed by atoms with van der Waals surface area (Å²) in [7, 11) is 0. The highest BCUT2D eigenvalue weighted by molar-refractivity contribution is 5.93. The lowest BCUT2D eigenvalue weighted by Crippen LogP contribution is -2.12. The summed E-state index contributed by atoms with van der Waals surface area (Å²) in [5, 5.41) is 10.7. The van der Waals surface area contributed by atoms with Gasteiger partial charge in [0.15, 0.2) is 0 Å². The van der Waals surface area contributed by atoms with Crippen LogP contribution < -0.4 is 10.1 Å². The Kier molecular flexibility index (Phi) is 4.34. The van der Waals surface area contributed by atoms with Gasteiger partial charge in [-0.15, -0.1) is 0 Å². The second-order valence-corrected chi connectivity index (χ2v) is 4.99. The molecule has 0 aliphatic heterocycles. The molecule has 2 N–H and O–H groups in total. The molecule has 0 aliphatic rings. The van der Waals surface area contributed by atoms with Crippen molar-refractivity contribution < 1.29 is 9.53 Å². The van der Waals surface area contributed by atoms with E-state index in [1.165, 1.54) is 0 Å². The fourth-order valence-electron chi connectivity index (χ4n) is 2.18. The van der Waals surface area contributed by atoms with Crippen molar-refractivity contribution in [2.24, 2.45) is 0 Å². The Morgan fingerprint density at radius 1 is 1.18 bits per heavy atom. The number of carbonyl (C=O) groups is 1. The summed E-state index contributed by atoms with van der Waals surface area (Å²) in [5.41, 5.74) is 1.73. The van der Waals surface area contributed by atoms with Crippen LogP contribution in [0, 0.1) is 0 Å². The van der Waals surface area contributed by atoms with Crippen LogP contribution in [-0.2, 0) is 4.79 Å². The van der Waals surface area contributed by atoms with E-state index in [0.717, 1.165) is 22.3 Å². The van der Waals surface area contributed by atoms with Gasteiger partial charge >= 0.3 is 0 Å². The number of fused-ring (bicyclic) bond motifs is 1. The molecule has 0 spiro atoms. The van der Waals surface area contributed by atoms with Crippen LogP contribution >= 0.6 is 0 Å². The van der Waals surface area contributed by atoms with Gasteiger partial charge in [0, 0.05) is 17.5 Å². The second-order valence-electron chi connectivity index (χ2n) is 4.99. The summed E-state index contributed by atoms with van der Waals surface area (Å²) in [6.07, 6.45) is 2.84. The van der Waals surface area contributed by atoms with Gasteiger partial charge in [0.25, 0.3) is 0 Å². The van der Waals surface area contributed by atoms with Gasteiger partial charge in [-0.2, -0.15) is 5.10 Å². The molecule has 0 saturated carbocycles. The summed E-state index contributed by atoms with van der Waals surface area (Å²) < 4.78 is 5.56. The number of para-hydroxylation sites is 1. The Bertz CT molecular complexity index is 753. The maximum absolute atomic E-state index is 11.9. The molecule has 112 valence electrons. The van der Waals surface area contributed by atoms with Gasteiger partial charge in [0.05, 0.1) is 18.3 Å². The zero-order valence-corrected chi connectivity index (χ0v) is 12.1. The largest absolute Gasteiger partial charge is 0.494 e. The number of nitrogens with one attached hydrogen (secondary N) is 2. The number of hydrogen-bond donors (Lipinski definition) is 2. The summed E-state index contributed by atoms with van der Waals surface area (Å²) in [5.74, 6) is 0.813. The number of benzene rings is 2. The third kappa shape index (κ3) is 3.63. The van der Waals surface area contributed by atoms with E-state index in [9.17, 15) is 4.79 Å². The van der Waals surface area contributed by atoms with E-state index in [2.05, 4.69) is 15.5 Å². The second kappa shape index (κ2) is 6.76. The summed E-state index contributed by atoms with van der Waals surface area (Å²) in [6.45, 7) is 0.526. The highest BCUT2D eigenvalue weighted by Gasteiger charge is 2.04. The lowest BCUT2D eigenvalue weighted by molar-refractivity contribution is -0.116. The van der Waals surface area contributed by atoms with E-state index in [0.29, 0.717) is 19.4 Å². The maximum Gasteiger partial charge on any atom is 0.224 e. The molecule has 0 atom stereocenters. The first-order chi connectivity index (χ1) is 10.8. The van der Waals surface area contributed by atoms with E-state index in [1.807, 2.05) is 48.5 Å². The van der Waals surface area contributed by atoms with Gasteiger partial charge in [-0.05, 0) is 36.8 Å². The normalized spacial score (nSPS) is 10.5. The average Bonchev–Trinajstić information content (AvgIpc) is 3.00. The van der Waals surface area contributed by atoms with E-state index in [-0.39, 0.29) is 5.91 Å². The summed E-state index contributed by atoms with van der Waals surface area (Å²) in [4.78, 5) is 11.9. The summed E-state index contributed by atoms with van der Waals surface area (Å²) in [6, 6.07) is 15.3. The number of aromatic amines is 1. The third-order valence-electron chi connectivity index (χ3n) is 3.28. The topological polar surface area (TPSA) is 67.0 Å². The van der Waals surface area contributed by atoms with Gasteiger partial charge in [-0.3, -0.25) is 9.89 Å². The minimum absolute atomic E-state index is 0.0143. The number of anilines is 1. The lowest BCUT2D eigenvalue weighted by atomic mass is 10.2. The van der Waals surface area contributed by atoms with Crippen molar-refractivity contribution in [3.8, 4) is 5.75 Å². The fourth-order valence-corrected chi connectivity index (χ4v) is 2.18. The van der Waals surface area contributed by atoms with Gasteiger partial charge in [0.1, 0.15) is 5.75 Å². The number of hydrogen-bond acceptors (Lipinski definition) is 3. The Balaban J connectivity index is 1.44. The van der Waals surface area contributed by atoms with Crippen LogP contribution in [0.15, 0.2) is 54.7 Å². The number of amides is 1. The summed E-state index contributed by atoms with van der Waals surface area (Å²) >= 11 is 0. The predicted octanol–water partition coefficient (Wildman–Crippen LogP) is 3.36. The zero-order chi connectivity index (χ0) is 15.2. The van der Waals surface area contributed by atoms with Crippen LogP contribution in [0.3, 0.4) is 0 Å². The number of ether oxygens (including phenoxy) is 1. The molecule has 3 rings (SSSR count). The Morgan fingerprint density at radius 3 is 2.91 bits per heavy atom. The van der Waals surface area contributed by atoms with Crippen molar-refractivity contribution in [2.45, 2.75) is 12.8 Å². The average molecular weight is 295 g/mol. The van der Waals surface area contributed by atoms with Crippen molar-refractivity contribution >= 4 is 22.5 Å². The molecular formula is C17H17N3O2. The number of aromatic nitrogens is 2. The van der Waals surface area contributed by atoms with Crippen LogP contribution in [0.5, 0.6) is 5.75 Å². The van der Waals surface area contributed by atoms with Crippen LogP contribution in [0.1, 0.15) is 12.8 Å². The lowest BCUT2D eigenvalue weighted by Gasteiger charge is -2.07. The molecule has 0 radical (unpaired) electrons. The minimum Gasteiger partial charge on any atom is -0.494 e. The molecule has 2 aromatic carbocycles. The number of rotatable bonds is 6. The van der Waals surface area contributed by atoms with Gasteiger partial charge < -0.3 is 10.1 Å². The molecule has 0 aliphatic carbocycles. The van der Waals surface area contributed by atoms with Gasteiger partial charge in [-0.1, -0.05) is 18.2 Å². The molecule has 0 saturated heterocycles. The molecule has 1 heterocycles. The SMILES string of the molecule is O=C(CCCOc1ccccc1)Nc1ccc2[nH]ncc2c1. The van der Waals surface area contributed by atoms with Crippen molar-refractivity contribution in [2.75, 3.05) is 11.9 Å². The Hall–Kier alpha value is -2.82. The zero-order valence-electron chi connectivity index (χ0n) is 12.1. The molecule has 5 heteroatoms. The predicted molar refractivity (Wildman–Crippen MR) is 85.9 cm³/mol. The molecule has 3 aromatic rings. The maximum atomic E-state index is 11.9. The monoisotopic (exact) mass is 295 g/mol. The number of H-pyrrole nitrogens is 1. The van der Waals surface area contributed by atoms with Crippen LogP contribution in [0.25, 0.3) is 10.9 Å². The number of carbonyl (C=O) groups excluding carboxylic acids is 1. The van der Waals surface area contributed by atoms with Crippen molar-refractivity contribution in [1.82, 2.24) is 10.2 Å². The molecule has 5 nitrogen and oxygen atoms in total. The van der Waals surface area contributed by atoms with Gasteiger partial charge in [0.2, 0.25) is 5.91 Å². The van der Waals surface area contributed by atoms with E-state index in [1.54, 1.807) is 6.20 Å². The van der Waals surface area contributed by atoms with Crippen LogP contribution in [-0.4, -0.2) is 22.7 Å². The fraction of sp³-hybridized carbons (Fsp3) is 0.176. The Morgan fingerprint density at radius 2 is 2.05 bits per heavy atom. The highest BCUT2D eigenvalue weighted by atomic mass is 16.5. The van der Waals surface area contributed by atoms with Crippen LogP contribution in [0.2, 0.25) is 0 Å². The standard InChI is InChI=1S/C17H17N3O2/c21-17(7-4-10-22-15-5-2-1-3-6-15)19-14-8-9-16-13(11-14)12-18-20-16/h1-3,5-6,8-9,11-12H,4,7,10H2,(H,18,20)(H,19,21). The van der Waals surface area contributed by atoms with E-state index >= 15 is 0 Å². The molecule has 1 aromatic heterocycles. The molecule has 1 amide bonds. The van der Waals surface area contributed by atoms with Crippen molar-refractivity contribution in [3.63, 3.8) is 0 Å². The Labute approximate surface area is 128 Å². The molecule has 0 fully saturated rings. The first-order valence-electron chi connectivity index (χ1n) is 7.22.